The first-order valence-electron chi connectivity index (χ1n) is 18.2. The van der Waals surface area contributed by atoms with E-state index in [9.17, 15) is 0 Å². The second kappa shape index (κ2) is 11.1. The highest BCUT2D eigenvalue weighted by Crippen LogP contribution is 2.46. The fourth-order valence-electron chi connectivity index (χ4n) is 7.18. The summed E-state index contributed by atoms with van der Waals surface area (Å²) in [6, 6.07) is 49.2. The Kier molecular flexibility index (Phi) is 5.29. The molecule has 0 fully saturated rings. The zero-order chi connectivity index (χ0) is 35.6. The molecule has 0 saturated heterocycles. The fraction of sp³-hybridized carbons (Fsp3) is 0.0455. The van der Waals surface area contributed by atoms with E-state index in [1.165, 1.54) is 0 Å². The molecule has 0 aliphatic rings. The van der Waals surface area contributed by atoms with E-state index in [1.54, 1.807) is 10.6 Å². The van der Waals surface area contributed by atoms with Gasteiger partial charge in [-0.3, -0.25) is 9.55 Å². The molecule has 0 radical (unpaired) electrons. The Hall–Kier alpha value is -6.06. The van der Waals surface area contributed by atoms with Crippen LogP contribution >= 0.6 is 0 Å². The summed E-state index contributed by atoms with van der Waals surface area (Å²) in [6.07, 6.45) is 0.927. The van der Waals surface area contributed by atoms with Crippen LogP contribution in [0.15, 0.2) is 158 Å². The molecule has 0 bridgehead atoms. The van der Waals surface area contributed by atoms with E-state index in [4.69, 9.17) is 6.85 Å². The number of aromatic nitrogens is 3. The average Bonchev–Trinajstić information content (AvgIpc) is 3.57. The fourth-order valence-corrected chi connectivity index (χ4v) is 7.18. The van der Waals surface area contributed by atoms with Crippen molar-refractivity contribution in [2.75, 3.05) is 0 Å². The van der Waals surface area contributed by atoms with Crippen molar-refractivity contribution < 1.29 is 6.85 Å². The van der Waals surface area contributed by atoms with Crippen LogP contribution in [-0.2, 0) is 6.37 Å². The van der Waals surface area contributed by atoms with Crippen molar-refractivity contribution in [3.05, 3.63) is 164 Å². The zero-order valence-electron chi connectivity index (χ0n) is 30.4. The van der Waals surface area contributed by atoms with Crippen LogP contribution in [0.1, 0.15) is 19.5 Å². The monoisotopic (exact) mass is 606 g/mol. The van der Waals surface area contributed by atoms with Gasteiger partial charge < -0.3 is 0 Å². The Morgan fingerprint density at radius 1 is 0.553 bits per heavy atom. The lowest BCUT2D eigenvalue weighted by Gasteiger charge is -2.20. The highest BCUT2D eigenvalue weighted by Gasteiger charge is 2.20. The number of fused-ring (bicyclic) bond motifs is 4. The predicted molar refractivity (Wildman–Crippen MR) is 197 cm³/mol. The van der Waals surface area contributed by atoms with Gasteiger partial charge >= 0.3 is 0 Å². The van der Waals surface area contributed by atoms with Crippen LogP contribution in [0.3, 0.4) is 0 Å². The number of hydrogen-bond acceptors (Lipinski definition) is 2. The Bertz CT molecular complexity index is 2760. The van der Waals surface area contributed by atoms with Crippen LogP contribution in [0.4, 0.5) is 0 Å². The van der Waals surface area contributed by atoms with Crippen molar-refractivity contribution in [1.29, 1.82) is 0 Å². The van der Waals surface area contributed by atoms with E-state index < -0.39 is 13.2 Å². The molecule has 0 atom stereocenters. The Morgan fingerprint density at radius 2 is 1.17 bits per heavy atom. The van der Waals surface area contributed by atoms with Crippen LogP contribution in [0, 0.1) is 0 Å². The first-order chi connectivity index (χ1) is 25.2. The normalized spacial score (nSPS) is 13.7. The standard InChI is InChI=1S/C44H31N3/c1-2-42-46-39-20-9-10-21-41(39)47(42)40-23-22-38(32-14-3-4-15-33(32)40)44-36-18-7-5-16-34(36)43(35-17-6-8-19-37(35)44)31-13-11-12-30(28-31)29-24-26-45-27-25-29/h3-28H,2H2,1H3/i1D3,2D2. The number of hydrogen-bond donors (Lipinski definition) is 0. The first-order valence-corrected chi connectivity index (χ1v) is 15.7. The molecule has 47 heavy (non-hydrogen) atoms. The number of para-hydroxylation sites is 2. The Morgan fingerprint density at radius 3 is 1.89 bits per heavy atom. The summed E-state index contributed by atoms with van der Waals surface area (Å²) < 4.78 is 43.6. The third-order valence-electron chi connectivity index (χ3n) is 9.18. The van der Waals surface area contributed by atoms with Gasteiger partial charge in [0.05, 0.1) is 16.7 Å². The lowest BCUT2D eigenvalue weighted by molar-refractivity contribution is 0.913. The van der Waals surface area contributed by atoms with Gasteiger partial charge in [0.2, 0.25) is 0 Å². The predicted octanol–water partition coefficient (Wildman–Crippen LogP) is 11.4. The molecule has 2 heterocycles. The van der Waals surface area contributed by atoms with E-state index >= 15 is 0 Å². The molecule has 3 heteroatoms. The summed E-state index contributed by atoms with van der Waals surface area (Å²) in [7, 11) is 0. The highest BCUT2D eigenvalue weighted by atomic mass is 15.1. The minimum Gasteiger partial charge on any atom is -0.296 e. The molecule has 222 valence electrons. The van der Waals surface area contributed by atoms with Crippen LogP contribution in [0.2, 0.25) is 0 Å². The minimum atomic E-state index is -2.93. The zero-order valence-corrected chi connectivity index (χ0v) is 25.4. The van der Waals surface area contributed by atoms with Gasteiger partial charge in [0, 0.05) is 31.0 Å². The van der Waals surface area contributed by atoms with E-state index in [0.29, 0.717) is 16.7 Å². The molecule has 2 aromatic heterocycles. The molecule has 0 amide bonds. The van der Waals surface area contributed by atoms with Crippen molar-refractivity contribution in [3.63, 3.8) is 0 Å². The maximum Gasteiger partial charge on any atom is 0.114 e. The molecule has 0 aliphatic heterocycles. The van der Waals surface area contributed by atoms with Gasteiger partial charge in [-0.25, -0.2) is 4.98 Å². The molecule has 0 spiro atoms. The molecular formula is C44H31N3. The SMILES string of the molecule is [2H]C([2H])([2H])C([2H])([2H])c1nc2ccccc2n1-c1ccc(-c2c3ccccc3c(-c3cccc(-c4ccncc4)c3)c3ccccc23)c2ccccc12. The van der Waals surface area contributed by atoms with Crippen LogP contribution in [0.5, 0.6) is 0 Å². The minimum absolute atomic E-state index is 0.152. The molecule has 0 saturated carbocycles. The summed E-state index contributed by atoms with van der Waals surface area (Å²) in [5.41, 5.74) is 8.45. The van der Waals surface area contributed by atoms with Crippen molar-refractivity contribution in [2.24, 2.45) is 0 Å². The van der Waals surface area contributed by atoms with E-state index in [1.807, 2.05) is 67.0 Å². The van der Waals surface area contributed by atoms with Gasteiger partial charge in [-0.2, -0.15) is 0 Å². The molecule has 9 rings (SSSR count). The number of pyridine rings is 1. The number of aryl methyl sites for hydroxylation is 1. The summed E-state index contributed by atoms with van der Waals surface area (Å²) in [5.74, 6) is -0.152. The molecular weight excluding hydrogens is 571 g/mol. The molecule has 7 aromatic carbocycles. The second-order valence-electron chi connectivity index (χ2n) is 11.7. The molecule has 3 nitrogen and oxygen atoms in total. The molecule has 0 unspecified atom stereocenters. The molecule has 9 aromatic rings. The number of rotatable bonds is 5. The topological polar surface area (TPSA) is 30.7 Å². The maximum absolute atomic E-state index is 8.78. The first kappa shape index (κ1) is 22.4. The Labute approximate surface area is 280 Å². The third kappa shape index (κ3) is 4.35. The smallest absolute Gasteiger partial charge is 0.114 e. The molecule has 0 N–H and O–H groups in total. The number of benzene rings is 7. The van der Waals surface area contributed by atoms with Crippen molar-refractivity contribution in [3.8, 4) is 39.1 Å². The number of imidazole rings is 1. The lowest BCUT2D eigenvalue weighted by atomic mass is 9.84. The maximum atomic E-state index is 8.78. The van der Waals surface area contributed by atoms with Crippen LogP contribution in [-0.4, -0.2) is 14.5 Å². The van der Waals surface area contributed by atoms with Crippen molar-refractivity contribution in [2.45, 2.75) is 13.2 Å². The Balaban J connectivity index is 1.33. The largest absolute Gasteiger partial charge is 0.296 e. The van der Waals surface area contributed by atoms with Gasteiger partial charge in [0.1, 0.15) is 5.82 Å². The highest BCUT2D eigenvalue weighted by molar-refractivity contribution is 6.24. The van der Waals surface area contributed by atoms with Crippen molar-refractivity contribution >= 4 is 43.4 Å². The van der Waals surface area contributed by atoms with Gasteiger partial charge in [-0.05, 0) is 96.7 Å². The number of nitrogens with zero attached hydrogens (tertiary/aromatic N) is 3. The van der Waals surface area contributed by atoms with Crippen molar-refractivity contribution in [1.82, 2.24) is 14.5 Å². The summed E-state index contributed by atoms with van der Waals surface area (Å²) in [6.45, 7) is -2.93. The lowest BCUT2D eigenvalue weighted by Crippen LogP contribution is -2.01. The summed E-state index contributed by atoms with van der Waals surface area (Å²) in [4.78, 5) is 8.79. The van der Waals surface area contributed by atoms with Crippen LogP contribution < -0.4 is 0 Å². The van der Waals surface area contributed by atoms with E-state index in [2.05, 4.69) is 94.9 Å². The van der Waals surface area contributed by atoms with Gasteiger partial charge in [0.15, 0.2) is 0 Å². The van der Waals surface area contributed by atoms with Gasteiger partial charge in [-0.1, -0.05) is 116 Å². The second-order valence-corrected chi connectivity index (χ2v) is 11.7. The molecule has 0 aliphatic carbocycles. The van der Waals surface area contributed by atoms with Gasteiger partial charge in [-0.15, -0.1) is 0 Å². The van der Waals surface area contributed by atoms with Gasteiger partial charge in [0.25, 0.3) is 0 Å². The van der Waals surface area contributed by atoms with E-state index in [0.717, 1.165) is 65.7 Å². The van der Waals surface area contributed by atoms with E-state index in [-0.39, 0.29) is 5.82 Å². The average molecular weight is 607 g/mol. The third-order valence-corrected chi connectivity index (χ3v) is 9.18. The summed E-state index contributed by atoms with van der Waals surface area (Å²) >= 11 is 0. The summed E-state index contributed by atoms with van der Waals surface area (Å²) in [5, 5.41) is 6.29. The van der Waals surface area contributed by atoms with Crippen LogP contribution in [0.25, 0.3) is 82.4 Å². The quantitative estimate of drug-likeness (QED) is 0.183.